The van der Waals surface area contributed by atoms with Crippen molar-refractivity contribution in [2.75, 3.05) is 18.5 Å². The van der Waals surface area contributed by atoms with Crippen LogP contribution in [-0.2, 0) is 17.7 Å². The lowest BCUT2D eigenvalue weighted by molar-refractivity contribution is 0.0261. The van der Waals surface area contributed by atoms with E-state index in [1.165, 1.54) is 5.69 Å². The maximum atomic E-state index is 5.48. The lowest BCUT2D eigenvalue weighted by atomic mass is 9.78. The molecule has 0 bridgehead atoms. The number of aryl methyl sites for hydroxylation is 2. The van der Waals surface area contributed by atoms with Crippen LogP contribution < -0.4 is 0 Å². The average Bonchev–Trinajstić information content (AvgIpc) is 2.70. The predicted molar refractivity (Wildman–Crippen MR) is 72.6 cm³/mol. The first-order valence-electron chi connectivity index (χ1n) is 6.36. The van der Waals surface area contributed by atoms with Crippen molar-refractivity contribution < 1.29 is 4.74 Å². The van der Waals surface area contributed by atoms with Gasteiger partial charge in [-0.25, -0.2) is 0 Å². The maximum Gasteiger partial charge on any atom is 0.0596 e. The zero-order valence-corrected chi connectivity index (χ0v) is 12.3. The Labute approximate surface area is 112 Å². The van der Waals surface area contributed by atoms with Gasteiger partial charge in [-0.3, -0.25) is 4.68 Å². The Kier molecular flexibility index (Phi) is 4.26. The number of hydrogen-bond acceptors (Lipinski definition) is 2. The number of halogens is 1. The number of rotatable bonds is 4. The quantitative estimate of drug-likeness (QED) is 0.800. The van der Waals surface area contributed by atoms with Crippen LogP contribution >= 0.6 is 15.9 Å². The summed E-state index contributed by atoms with van der Waals surface area (Å²) in [6.45, 7) is 6.97. The highest BCUT2D eigenvalue weighted by Gasteiger charge is 2.32. The zero-order chi connectivity index (χ0) is 12.3. The maximum absolute atomic E-state index is 5.48. The van der Waals surface area contributed by atoms with Gasteiger partial charge < -0.3 is 4.74 Å². The molecule has 0 saturated carbocycles. The monoisotopic (exact) mass is 300 g/mol. The highest BCUT2D eigenvalue weighted by molar-refractivity contribution is 9.09. The molecule has 1 aromatic heterocycles. The van der Waals surface area contributed by atoms with Gasteiger partial charge in [-0.05, 0) is 44.6 Å². The Morgan fingerprint density at radius 1 is 1.47 bits per heavy atom. The SMILES string of the molecule is CCn1nc(C)cc1CC1(CBr)CCOCC1. The predicted octanol–water partition coefficient (Wildman–Crippen LogP) is 2.95. The summed E-state index contributed by atoms with van der Waals surface area (Å²) in [5.41, 5.74) is 2.85. The van der Waals surface area contributed by atoms with E-state index in [9.17, 15) is 0 Å². The molecule has 3 nitrogen and oxygen atoms in total. The molecule has 0 aromatic carbocycles. The second kappa shape index (κ2) is 5.53. The van der Waals surface area contributed by atoms with Crippen molar-refractivity contribution in [3.8, 4) is 0 Å². The summed E-state index contributed by atoms with van der Waals surface area (Å²) in [5.74, 6) is 0. The number of alkyl halides is 1. The standard InChI is InChI=1S/C13H21BrN2O/c1-3-16-12(8-11(2)15-16)9-13(10-14)4-6-17-7-5-13/h8H,3-7,9-10H2,1-2H3. The van der Waals surface area contributed by atoms with Gasteiger partial charge in [0.2, 0.25) is 0 Å². The van der Waals surface area contributed by atoms with Gasteiger partial charge in [0, 0.05) is 30.8 Å². The fourth-order valence-corrected chi connectivity index (χ4v) is 3.32. The molecule has 1 fully saturated rings. The second-order valence-corrected chi connectivity index (χ2v) is 5.58. The molecule has 0 radical (unpaired) electrons. The molecule has 0 atom stereocenters. The van der Waals surface area contributed by atoms with E-state index in [0.29, 0.717) is 5.41 Å². The van der Waals surface area contributed by atoms with E-state index in [1.807, 2.05) is 0 Å². The molecule has 1 aliphatic heterocycles. The van der Waals surface area contributed by atoms with E-state index in [-0.39, 0.29) is 0 Å². The Hall–Kier alpha value is -0.350. The van der Waals surface area contributed by atoms with Crippen LogP contribution in [0.15, 0.2) is 6.07 Å². The van der Waals surface area contributed by atoms with Gasteiger partial charge >= 0.3 is 0 Å². The van der Waals surface area contributed by atoms with Gasteiger partial charge in [0.15, 0.2) is 0 Å². The second-order valence-electron chi connectivity index (χ2n) is 5.02. The summed E-state index contributed by atoms with van der Waals surface area (Å²) >= 11 is 3.69. The number of hydrogen-bond donors (Lipinski definition) is 0. The summed E-state index contributed by atoms with van der Waals surface area (Å²) in [6, 6.07) is 2.23. The van der Waals surface area contributed by atoms with E-state index in [1.54, 1.807) is 0 Å². The van der Waals surface area contributed by atoms with Gasteiger partial charge in [0.1, 0.15) is 0 Å². The molecule has 0 amide bonds. The molecule has 1 saturated heterocycles. The van der Waals surface area contributed by atoms with E-state index >= 15 is 0 Å². The van der Waals surface area contributed by atoms with Gasteiger partial charge in [-0.15, -0.1) is 0 Å². The molecule has 0 aliphatic carbocycles. The van der Waals surface area contributed by atoms with Crippen LogP contribution in [0.4, 0.5) is 0 Å². The van der Waals surface area contributed by atoms with E-state index in [2.05, 4.69) is 45.6 Å². The van der Waals surface area contributed by atoms with Crippen molar-refractivity contribution >= 4 is 15.9 Å². The van der Waals surface area contributed by atoms with Crippen LogP contribution in [-0.4, -0.2) is 28.3 Å². The van der Waals surface area contributed by atoms with Crippen molar-refractivity contribution in [3.05, 3.63) is 17.5 Å². The minimum absolute atomic E-state index is 0.359. The van der Waals surface area contributed by atoms with Crippen molar-refractivity contribution in [1.82, 2.24) is 9.78 Å². The van der Waals surface area contributed by atoms with Crippen LogP contribution in [0.2, 0.25) is 0 Å². The first-order chi connectivity index (χ1) is 8.19. The van der Waals surface area contributed by atoms with Crippen molar-refractivity contribution in [1.29, 1.82) is 0 Å². The zero-order valence-electron chi connectivity index (χ0n) is 10.7. The largest absolute Gasteiger partial charge is 0.381 e. The molecular weight excluding hydrogens is 280 g/mol. The van der Waals surface area contributed by atoms with Crippen molar-refractivity contribution in [2.45, 2.75) is 39.7 Å². The first kappa shape index (κ1) is 13.1. The fraction of sp³-hybridized carbons (Fsp3) is 0.769. The fourth-order valence-electron chi connectivity index (χ4n) is 2.56. The average molecular weight is 301 g/mol. The highest BCUT2D eigenvalue weighted by Crippen LogP contribution is 2.36. The van der Waals surface area contributed by atoms with Gasteiger partial charge in [0.25, 0.3) is 0 Å². The lowest BCUT2D eigenvalue weighted by Gasteiger charge is -2.35. The minimum Gasteiger partial charge on any atom is -0.381 e. The number of ether oxygens (including phenoxy) is 1. The number of aromatic nitrogens is 2. The Balaban J connectivity index is 2.16. The van der Waals surface area contributed by atoms with Crippen molar-refractivity contribution in [3.63, 3.8) is 0 Å². The third kappa shape index (κ3) is 2.91. The minimum atomic E-state index is 0.359. The summed E-state index contributed by atoms with van der Waals surface area (Å²) in [5, 5.41) is 5.58. The molecule has 0 unspecified atom stereocenters. The summed E-state index contributed by atoms with van der Waals surface area (Å²) in [6.07, 6.45) is 3.40. The Morgan fingerprint density at radius 3 is 2.76 bits per heavy atom. The molecule has 0 N–H and O–H groups in total. The highest BCUT2D eigenvalue weighted by atomic mass is 79.9. The van der Waals surface area contributed by atoms with Gasteiger partial charge in [0.05, 0.1) is 5.69 Å². The summed E-state index contributed by atoms with van der Waals surface area (Å²) < 4.78 is 7.62. The Morgan fingerprint density at radius 2 is 2.18 bits per heavy atom. The third-order valence-corrected chi connectivity index (χ3v) is 4.87. The normalized spacial score (nSPS) is 19.5. The molecular formula is C13H21BrN2O. The molecule has 2 heterocycles. The topological polar surface area (TPSA) is 27.1 Å². The van der Waals surface area contributed by atoms with Crippen LogP contribution in [0.5, 0.6) is 0 Å². The number of nitrogens with zero attached hydrogens (tertiary/aromatic N) is 2. The van der Waals surface area contributed by atoms with Crippen LogP contribution in [0, 0.1) is 12.3 Å². The van der Waals surface area contributed by atoms with Gasteiger partial charge in [-0.2, -0.15) is 5.10 Å². The molecule has 4 heteroatoms. The Bertz CT molecular complexity index is 369. The molecule has 17 heavy (non-hydrogen) atoms. The smallest absolute Gasteiger partial charge is 0.0596 e. The lowest BCUT2D eigenvalue weighted by Crippen LogP contribution is -2.34. The van der Waals surface area contributed by atoms with Gasteiger partial charge in [-0.1, -0.05) is 15.9 Å². The summed E-state index contributed by atoms with van der Waals surface area (Å²) in [7, 11) is 0. The van der Waals surface area contributed by atoms with Crippen LogP contribution in [0.1, 0.15) is 31.2 Å². The molecule has 0 spiro atoms. The molecule has 96 valence electrons. The molecule has 2 rings (SSSR count). The first-order valence-corrected chi connectivity index (χ1v) is 7.48. The van der Waals surface area contributed by atoms with E-state index in [0.717, 1.165) is 50.0 Å². The third-order valence-electron chi connectivity index (χ3n) is 3.68. The molecule has 1 aliphatic rings. The van der Waals surface area contributed by atoms with Crippen molar-refractivity contribution in [2.24, 2.45) is 5.41 Å². The summed E-state index contributed by atoms with van der Waals surface area (Å²) in [4.78, 5) is 0. The van der Waals surface area contributed by atoms with E-state index in [4.69, 9.17) is 4.74 Å². The van der Waals surface area contributed by atoms with E-state index < -0.39 is 0 Å². The van der Waals surface area contributed by atoms with Crippen LogP contribution in [0.25, 0.3) is 0 Å². The molecule has 1 aromatic rings. The van der Waals surface area contributed by atoms with Crippen LogP contribution in [0.3, 0.4) is 0 Å².